The Morgan fingerprint density at radius 2 is 1.89 bits per heavy atom. The lowest BCUT2D eigenvalue weighted by Crippen LogP contribution is -2.44. The number of likely N-dealkylation sites (tertiary alicyclic amines) is 1. The van der Waals surface area contributed by atoms with Crippen molar-refractivity contribution in [3.8, 4) is 0 Å². The van der Waals surface area contributed by atoms with Gasteiger partial charge < -0.3 is 24.8 Å². The molecule has 1 atom stereocenters. The van der Waals surface area contributed by atoms with E-state index in [1.165, 1.54) is 0 Å². The summed E-state index contributed by atoms with van der Waals surface area (Å²) >= 11 is 0. The first-order valence-electron chi connectivity index (χ1n) is 9.65. The molecule has 2 fully saturated rings. The van der Waals surface area contributed by atoms with E-state index in [1.807, 2.05) is 29.2 Å². The maximum absolute atomic E-state index is 12.4. The van der Waals surface area contributed by atoms with E-state index in [-0.39, 0.29) is 17.7 Å². The van der Waals surface area contributed by atoms with E-state index in [4.69, 9.17) is 4.74 Å². The lowest BCUT2D eigenvalue weighted by Gasteiger charge is -2.34. The van der Waals surface area contributed by atoms with Crippen molar-refractivity contribution in [1.29, 1.82) is 0 Å². The molecule has 1 aromatic carbocycles. The SMILES string of the molecule is COCCN1CC(CNC(=O)c2ccc(N3CCN(C)CC3)cc2)CC1=O. The molecule has 0 aromatic heterocycles. The molecule has 2 heterocycles. The molecule has 0 aliphatic carbocycles. The van der Waals surface area contributed by atoms with E-state index in [0.29, 0.717) is 38.2 Å². The number of nitrogens with zero attached hydrogens (tertiary/aromatic N) is 3. The van der Waals surface area contributed by atoms with Crippen LogP contribution in [0.1, 0.15) is 16.8 Å². The fourth-order valence-corrected chi connectivity index (χ4v) is 3.64. The first kappa shape index (κ1) is 19.6. The van der Waals surface area contributed by atoms with Crippen molar-refractivity contribution in [2.75, 3.05) is 71.5 Å². The highest BCUT2D eigenvalue weighted by atomic mass is 16.5. The number of amides is 2. The Labute approximate surface area is 161 Å². The number of likely N-dealkylation sites (N-methyl/N-ethyl adjacent to an activating group) is 1. The van der Waals surface area contributed by atoms with E-state index < -0.39 is 0 Å². The monoisotopic (exact) mass is 374 g/mol. The van der Waals surface area contributed by atoms with Crippen LogP contribution in [-0.4, -0.2) is 88.2 Å². The average molecular weight is 374 g/mol. The van der Waals surface area contributed by atoms with Crippen molar-refractivity contribution in [2.24, 2.45) is 5.92 Å². The van der Waals surface area contributed by atoms with Gasteiger partial charge in [0.1, 0.15) is 0 Å². The summed E-state index contributed by atoms with van der Waals surface area (Å²) < 4.78 is 5.03. The molecule has 7 heteroatoms. The summed E-state index contributed by atoms with van der Waals surface area (Å²) in [5, 5.41) is 2.97. The first-order chi connectivity index (χ1) is 13.1. The Balaban J connectivity index is 1.46. The van der Waals surface area contributed by atoms with E-state index in [0.717, 1.165) is 31.9 Å². The Kier molecular flexibility index (Phi) is 6.68. The van der Waals surface area contributed by atoms with E-state index in [9.17, 15) is 9.59 Å². The second kappa shape index (κ2) is 9.19. The maximum Gasteiger partial charge on any atom is 0.251 e. The number of rotatable bonds is 7. The Bertz CT molecular complexity index is 641. The van der Waals surface area contributed by atoms with Crippen molar-refractivity contribution in [3.05, 3.63) is 29.8 Å². The normalized spacial score (nSPS) is 21.0. The van der Waals surface area contributed by atoms with Crippen LogP contribution in [0, 0.1) is 5.92 Å². The summed E-state index contributed by atoms with van der Waals surface area (Å²) in [6, 6.07) is 7.80. The molecule has 2 aliphatic rings. The van der Waals surface area contributed by atoms with Crippen molar-refractivity contribution in [2.45, 2.75) is 6.42 Å². The highest BCUT2D eigenvalue weighted by molar-refractivity contribution is 5.94. The van der Waals surface area contributed by atoms with Crippen molar-refractivity contribution in [1.82, 2.24) is 15.1 Å². The first-order valence-corrected chi connectivity index (χ1v) is 9.65. The molecule has 27 heavy (non-hydrogen) atoms. The van der Waals surface area contributed by atoms with Gasteiger partial charge in [-0.05, 0) is 31.3 Å². The van der Waals surface area contributed by atoms with Crippen LogP contribution in [0.4, 0.5) is 5.69 Å². The molecular weight excluding hydrogens is 344 g/mol. The summed E-state index contributed by atoms with van der Waals surface area (Å²) in [4.78, 5) is 30.9. The molecule has 2 saturated heterocycles. The van der Waals surface area contributed by atoms with Gasteiger partial charge in [-0.1, -0.05) is 0 Å². The minimum absolute atomic E-state index is 0.0808. The van der Waals surface area contributed by atoms with Crippen molar-refractivity contribution >= 4 is 17.5 Å². The number of benzene rings is 1. The Hall–Kier alpha value is -2.12. The predicted octanol–water partition coefficient (Wildman–Crippen LogP) is 0.663. The van der Waals surface area contributed by atoms with Crippen LogP contribution >= 0.6 is 0 Å². The summed E-state index contributed by atoms with van der Waals surface area (Å²) in [6.45, 7) is 6.51. The smallest absolute Gasteiger partial charge is 0.251 e. The number of anilines is 1. The summed E-state index contributed by atoms with van der Waals surface area (Å²) in [6.07, 6.45) is 0.492. The van der Waals surface area contributed by atoms with Gasteiger partial charge in [-0.25, -0.2) is 0 Å². The molecular formula is C20H30N4O3. The highest BCUT2D eigenvalue weighted by Crippen LogP contribution is 2.18. The Morgan fingerprint density at radius 1 is 1.19 bits per heavy atom. The number of ether oxygens (including phenoxy) is 1. The van der Waals surface area contributed by atoms with Gasteiger partial charge in [0, 0.05) is 76.5 Å². The van der Waals surface area contributed by atoms with Gasteiger partial charge in [-0.2, -0.15) is 0 Å². The van der Waals surface area contributed by atoms with Crippen LogP contribution in [0.25, 0.3) is 0 Å². The summed E-state index contributed by atoms with van der Waals surface area (Å²) in [7, 11) is 3.77. The van der Waals surface area contributed by atoms with Crippen LogP contribution in [0.2, 0.25) is 0 Å². The lowest BCUT2D eigenvalue weighted by atomic mass is 10.1. The second-order valence-electron chi connectivity index (χ2n) is 7.45. The molecule has 7 nitrogen and oxygen atoms in total. The van der Waals surface area contributed by atoms with Crippen LogP contribution < -0.4 is 10.2 Å². The molecule has 0 spiro atoms. The minimum Gasteiger partial charge on any atom is -0.383 e. The maximum atomic E-state index is 12.4. The fourth-order valence-electron chi connectivity index (χ4n) is 3.64. The van der Waals surface area contributed by atoms with Gasteiger partial charge >= 0.3 is 0 Å². The molecule has 3 rings (SSSR count). The van der Waals surface area contributed by atoms with Gasteiger partial charge in [0.05, 0.1) is 6.61 Å². The minimum atomic E-state index is -0.0808. The van der Waals surface area contributed by atoms with Gasteiger partial charge in [-0.3, -0.25) is 9.59 Å². The van der Waals surface area contributed by atoms with Crippen LogP contribution in [0.3, 0.4) is 0 Å². The molecule has 0 radical (unpaired) electrons. The zero-order valence-electron chi connectivity index (χ0n) is 16.3. The number of piperazine rings is 1. The molecule has 2 aliphatic heterocycles. The molecule has 0 saturated carbocycles. The topological polar surface area (TPSA) is 65.1 Å². The molecule has 148 valence electrons. The van der Waals surface area contributed by atoms with Gasteiger partial charge in [0.2, 0.25) is 5.91 Å². The Morgan fingerprint density at radius 3 is 2.56 bits per heavy atom. The largest absolute Gasteiger partial charge is 0.383 e. The van der Waals surface area contributed by atoms with E-state index in [2.05, 4.69) is 22.2 Å². The standard InChI is InChI=1S/C20H30N4O3/c1-22-7-9-23(10-8-22)18-5-3-17(4-6-18)20(26)21-14-16-13-19(25)24(15-16)11-12-27-2/h3-6,16H,7-15H2,1-2H3,(H,21,26). The van der Waals surface area contributed by atoms with E-state index in [1.54, 1.807) is 7.11 Å². The third-order valence-corrected chi connectivity index (χ3v) is 5.41. The summed E-state index contributed by atoms with van der Waals surface area (Å²) in [5.74, 6) is 0.230. The molecule has 2 amide bonds. The second-order valence-corrected chi connectivity index (χ2v) is 7.45. The summed E-state index contributed by atoms with van der Waals surface area (Å²) in [5.41, 5.74) is 1.82. The van der Waals surface area contributed by atoms with Gasteiger partial charge in [0.15, 0.2) is 0 Å². The molecule has 1 N–H and O–H groups in total. The van der Waals surface area contributed by atoms with Crippen LogP contribution in [0.5, 0.6) is 0 Å². The molecule has 0 bridgehead atoms. The fraction of sp³-hybridized carbons (Fsp3) is 0.600. The third-order valence-electron chi connectivity index (χ3n) is 5.41. The zero-order chi connectivity index (χ0) is 19.2. The number of hydrogen-bond donors (Lipinski definition) is 1. The van der Waals surface area contributed by atoms with E-state index >= 15 is 0 Å². The number of carbonyl (C=O) groups excluding carboxylic acids is 2. The highest BCUT2D eigenvalue weighted by Gasteiger charge is 2.29. The molecule has 1 unspecified atom stereocenters. The molecule has 1 aromatic rings. The van der Waals surface area contributed by atoms with Crippen LogP contribution in [0.15, 0.2) is 24.3 Å². The van der Waals surface area contributed by atoms with Gasteiger partial charge in [0.25, 0.3) is 5.91 Å². The van der Waals surface area contributed by atoms with Crippen molar-refractivity contribution in [3.63, 3.8) is 0 Å². The number of methoxy groups -OCH3 is 1. The zero-order valence-corrected chi connectivity index (χ0v) is 16.3. The average Bonchev–Trinajstić information content (AvgIpc) is 3.05. The van der Waals surface area contributed by atoms with Crippen LogP contribution in [-0.2, 0) is 9.53 Å². The van der Waals surface area contributed by atoms with Crippen molar-refractivity contribution < 1.29 is 14.3 Å². The predicted molar refractivity (Wildman–Crippen MR) is 105 cm³/mol. The lowest BCUT2D eigenvalue weighted by molar-refractivity contribution is -0.128. The van der Waals surface area contributed by atoms with Gasteiger partial charge in [-0.15, -0.1) is 0 Å². The number of nitrogens with one attached hydrogen (secondary N) is 1. The number of hydrogen-bond acceptors (Lipinski definition) is 5. The quantitative estimate of drug-likeness (QED) is 0.760. The third kappa shape index (κ3) is 5.20. The number of carbonyl (C=O) groups is 2.